The lowest BCUT2D eigenvalue weighted by Gasteiger charge is -2.38. The van der Waals surface area contributed by atoms with Crippen LogP contribution in [0.5, 0.6) is 5.75 Å². The number of hydrogen-bond acceptors (Lipinski definition) is 3. The van der Waals surface area contributed by atoms with Gasteiger partial charge in [0, 0.05) is 31.8 Å². The van der Waals surface area contributed by atoms with E-state index in [0.29, 0.717) is 18.8 Å². The van der Waals surface area contributed by atoms with Crippen molar-refractivity contribution in [3.05, 3.63) is 24.3 Å². The highest BCUT2D eigenvalue weighted by Gasteiger charge is 2.33. The molecule has 0 spiro atoms. The average Bonchev–Trinajstić information content (AvgIpc) is 2.41. The second-order valence-corrected chi connectivity index (χ2v) is 4.58. The first-order valence-electron chi connectivity index (χ1n) is 6.27. The minimum Gasteiger partial charge on any atom is -0.497 e. The number of hydrogen-bond donors (Lipinski definition) is 0. The number of anilines is 1. The maximum atomic E-state index is 12.3. The standard InChI is InChI=1S/C14H18N2O3/c1-10-14(18)16(8-7-15(10)11(2)17)12-5-4-6-13(9-12)19-3/h4-6,9-10H,7-8H2,1-3H3/t10-/m0/s1. The molecular formula is C14H18N2O3. The SMILES string of the molecule is COc1cccc(N2CCN(C(C)=O)[C@@H](C)C2=O)c1. The molecule has 0 saturated carbocycles. The predicted molar refractivity (Wildman–Crippen MR) is 72.2 cm³/mol. The molecule has 2 rings (SSSR count). The van der Waals surface area contributed by atoms with Gasteiger partial charge in [-0.15, -0.1) is 0 Å². The zero-order chi connectivity index (χ0) is 14.0. The molecule has 19 heavy (non-hydrogen) atoms. The Morgan fingerprint density at radius 3 is 2.74 bits per heavy atom. The Balaban J connectivity index is 2.23. The number of nitrogens with zero attached hydrogens (tertiary/aromatic N) is 2. The van der Waals surface area contributed by atoms with Crippen molar-refractivity contribution in [3.63, 3.8) is 0 Å². The minimum atomic E-state index is -0.419. The van der Waals surface area contributed by atoms with Crippen molar-refractivity contribution in [3.8, 4) is 5.75 Å². The first kappa shape index (κ1) is 13.4. The zero-order valence-electron chi connectivity index (χ0n) is 11.4. The number of ether oxygens (including phenoxy) is 1. The molecule has 0 aromatic heterocycles. The van der Waals surface area contributed by atoms with E-state index in [0.717, 1.165) is 5.69 Å². The Morgan fingerprint density at radius 1 is 1.37 bits per heavy atom. The Hall–Kier alpha value is -2.04. The van der Waals surface area contributed by atoms with Gasteiger partial charge in [-0.05, 0) is 19.1 Å². The fourth-order valence-electron chi connectivity index (χ4n) is 2.34. The molecule has 0 N–H and O–H groups in total. The highest BCUT2D eigenvalue weighted by molar-refractivity contribution is 6.00. The zero-order valence-corrected chi connectivity index (χ0v) is 11.4. The third kappa shape index (κ3) is 2.54. The van der Waals surface area contributed by atoms with Gasteiger partial charge in [0.25, 0.3) is 0 Å². The van der Waals surface area contributed by atoms with Gasteiger partial charge in [0.2, 0.25) is 11.8 Å². The van der Waals surface area contributed by atoms with Crippen LogP contribution in [0.25, 0.3) is 0 Å². The molecule has 0 radical (unpaired) electrons. The number of benzene rings is 1. The number of piperazine rings is 1. The molecule has 1 aliphatic heterocycles. The van der Waals surface area contributed by atoms with E-state index >= 15 is 0 Å². The fourth-order valence-corrected chi connectivity index (χ4v) is 2.34. The molecule has 0 aliphatic carbocycles. The molecule has 1 fully saturated rings. The molecule has 1 atom stereocenters. The van der Waals surface area contributed by atoms with Gasteiger partial charge in [-0.2, -0.15) is 0 Å². The molecule has 5 heteroatoms. The summed E-state index contributed by atoms with van der Waals surface area (Å²) in [6, 6.07) is 6.97. The highest BCUT2D eigenvalue weighted by atomic mass is 16.5. The van der Waals surface area contributed by atoms with Gasteiger partial charge in [-0.3, -0.25) is 9.59 Å². The molecule has 1 saturated heterocycles. The number of methoxy groups -OCH3 is 1. The van der Waals surface area contributed by atoms with Gasteiger partial charge >= 0.3 is 0 Å². The average molecular weight is 262 g/mol. The molecular weight excluding hydrogens is 244 g/mol. The summed E-state index contributed by atoms with van der Waals surface area (Å²) in [6.45, 7) is 4.32. The molecule has 2 amide bonds. The van der Waals surface area contributed by atoms with Gasteiger partial charge < -0.3 is 14.5 Å². The highest BCUT2D eigenvalue weighted by Crippen LogP contribution is 2.24. The molecule has 0 unspecified atom stereocenters. The summed E-state index contributed by atoms with van der Waals surface area (Å²) in [6.07, 6.45) is 0. The van der Waals surface area contributed by atoms with Gasteiger partial charge in [0.05, 0.1) is 7.11 Å². The van der Waals surface area contributed by atoms with E-state index < -0.39 is 6.04 Å². The predicted octanol–water partition coefficient (Wildman–Crippen LogP) is 1.28. The number of carbonyl (C=O) groups excluding carboxylic acids is 2. The smallest absolute Gasteiger partial charge is 0.249 e. The van der Waals surface area contributed by atoms with Gasteiger partial charge in [0.15, 0.2) is 0 Å². The molecule has 1 aliphatic rings. The van der Waals surface area contributed by atoms with Gasteiger partial charge in [-0.1, -0.05) is 6.07 Å². The summed E-state index contributed by atoms with van der Waals surface area (Å²) in [5, 5.41) is 0. The first-order chi connectivity index (χ1) is 9.04. The molecule has 5 nitrogen and oxygen atoms in total. The first-order valence-corrected chi connectivity index (χ1v) is 6.27. The lowest BCUT2D eigenvalue weighted by atomic mass is 10.1. The summed E-state index contributed by atoms with van der Waals surface area (Å²) < 4.78 is 5.16. The fraction of sp³-hybridized carbons (Fsp3) is 0.429. The third-order valence-electron chi connectivity index (χ3n) is 3.42. The van der Waals surface area contributed by atoms with E-state index in [9.17, 15) is 9.59 Å². The van der Waals surface area contributed by atoms with Crippen molar-refractivity contribution in [2.75, 3.05) is 25.1 Å². The Bertz CT molecular complexity index is 501. The Kier molecular flexibility index (Phi) is 3.74. The van der Waals surface area contributed by atoms with E-state index in [4.69, 9.17) is 4.74 Å². The van der Waals surface area contributed by atoms with Crippen LogP contribution in [-0.2, 0) is 9.59 Å². The van der Waals surface area contributed by atoms with Crippen molar-refractivity contribution in [1.29, 1.82) is 0 Å². The third-order valence-corrected chi connectivity index (χ3v) is 3.42. The monoisotopic (exact) mass is 262 g/mol. The molecule has 1 aromatic carbocycles. The van der Waals surface area contributed by atoms with Crippen molar-refractivity contribution in [2.24, 2.45) is 0 Å². The minimum absolute atomic E-state index is 0.0605. The lowest BCUT2D eigenvalue weighted by molar-refractivity contribution is -0.139. The second-order valence-electron chi connectivity index (χ2n) is 4.58. The second kappa shape index (κ2) is 5.30. The number of rotatable bonds is 2. The molecule has 1 heterocycles. The van der Waals surface area contributed by atoms with Gasteiger partial charge in [0.1, 0.15) is 11.8 Å². The normalized spacial score (nSPS) is 19.5. The van der Waals surface area contributed by atoms with Gasteiger partial charge in [-0.25, -0.2) is 0 Å². The van der Waals surface area contributed by atoms with Crippen LogP contribution >= 0.6 is 0 Å². The summed E-state index contributed by atoms with van der Waals surface area (Å²) in [4.78, 5) is 27.1. The van der Waals surface area contributed by atoms with Crippen LogP contribution < -0.4 is 9.64 Å². The number of carbonyl (C=O) groups is 2. The van der Waals surface area contributed by atoms with Crippen LogP contribution in [0.15, 0.2) is 24.3 Å². The molecule has 1 aromatic rings. The number of amides is 2. The van der Waals surface area contributed by atoms with Crippen LogP contribution in [-0.4, -0.2) is 43.0 Å². The van der Waals surface area contributed by atoms with E-state index in [2.05, 4.69) is 0 Å². The van der Waals surface area contributed by atoms with E-state index in [1.807, 2.05) is 24.3 Å². The summed E-state index contributed by atoms with van der Waals surface area (Å²) >= 11 is 0. The van der Waals surface area contributed by atoms with Crippen molar-refractivity contribution < 1.29 is 14.3 Å². The largest absolute Gasteiger partial charge is 0.497 e. The van der Waals surface area contributed by atoms with Crippen molar-refractivity contribution in [2.45, 2.75) is 19.9 Å². The Labute approximate surface area is 112 Å². The summed E-state index contributed by atoms with van der Waals surface area (Å²) in [5.41, 5.74) is 0.805. The summed E-state index contributed by atoms with van der Waals surface area (Å²) in [7, 11) is 1.59. The van der Waals surface area contributed by atoms with Crippen LogP contribution in [0, 0.1) is 0 Å². The van der Waals surface area contributed by atoms with E-state index in [-0.39, 0.29) is 11.8 Å². The van der Waals surface area contributed by atoms with Crippen molar-refractivity contribution in [1.82, 2.24) is 4.90 Å². The summed E-state index contributed by atoms with van der Waals surface area (Å²) in [5.74, 6) is 0.591. The van der Waals surface area contributed by atoms with Crippen LogP contribution in [0.2, 0.25) is 0 Å². The molecule has 0 bridgehead atoms. The maximum absolute atomic E-state index is 12.3. The van der Waals surface area contributed by atoms with E-state index in [1.165, 1.54) is 6.92 Å². The Morgan fingerprint density at radius 2 is 2.11 bits per heavy atom. The lowest BCUT2D eigenvalue weighted by Crippen LogP contribution is -2.57. The van der Waals surface area contributed by atoms with Crippen molar-refractivity contribution >= 4 is 17.5 Å². The van der Waals surface area contributed by atoms with Crippen LogP contribution in [0.1, 0.15) is 13.8 Å². The van der Waals surface area contributed by atoms with Crippen LogP contribution in [0.4, 0.5) is 5.69 Å². The van der Waals surface area contributed by atoms with E-state index in [1.54, 1.807) is 23.8 Å². The quantitative estimate of drug-likeness (QED) is 0.806. The maximum Gasteiger partial charge on any atom is 0.249 e. The molecule has 102 valence electrons. The topological polar surface area (TPSA) is 49.9 Å². The van der Waals surface area contributed by atoms with Crippen LogP contribution in [0.3, 0.4) is 0 Å².